The lowest BCUT2D eigenvalue weighted by atomic mass is 10.1. The molecule has 1 N–H and O–H groups in total. The van der Waals surface area contributed by atoms with Crippen LogP contribution in [0, 0.1) is 0 Å². The van der Waals surface area contributed by atoms with Gasteiger partial charge in [0.25, 0.3) is 11.8 Å². The lowest BCUT2D eigenvalue weighted by Crippen LogP contribution is -2.30. The fraction of sp³-hybridized carbons (Fsp3) is 0.0417. The number of fused-ring (bicyclic) bond motifs is 1. The van der Waals surface area contributed by atoms with Crippen molar-refractivity contribution in [1.29, 1.82) is 0 Å². The quantitative estimate of drug-likeness (QED) is 0.385. The van der Waals surface area contributed by atoms with E-state index in [2.05, 4.69) is 21.4 Å². The Morgan fingerprint density at radius 3 is 2.61 bits per heavy atom. The van der Waals surface area contributed by atoms with E-state index in [0.29, 0.717) is 21.7 Å². The van der Waals surface area contributed by atoms with Crippen molar-refractivity contribution in [3.05, 3.63) is 105 Å². The molecule has 3 aromatic carbocycles. The maximum absolute atomic E-state index is 12.6. The molecule has 0 unspecified atom stereocenters. The molecule has 2 amide bonds. The molecule has 0 fully saturated rings. The minimum atomic E-state index is -0.486. The first-order chi connectivity index (χ1) is 15.1. The zero-order chi connectivity index (χ0) is 21.6. The van der Waals surface area contributed by atoms with E-state index < -0.39 is 11.8 Å². The SMILES string of the molecule is O=C1N=c2ccccc2=CC1=C=NNC(=O)c1ccccc1OCc1ccc(Cl)cc1. The number of halogens is 1. The van der Waals surface area contributed by atoms with Gasteiger partial charge >= 0.3 is 0 Å². The highest BCUT2D eigenvalue weighted by Crippen LogP contribution is 2.20. The number of ether oxygens (including phenoxy) is 1. The topological polar surface area (TPSA) is 80.1 Å². The average molecular weight is 430 g/mol. The van der Waals surface area contributed by atoms with Crippen LogP contribution in [0.15, 0.2) is 88.5 Å². The maximum atomic E-state index is 12.6. The molecule has 0 radical (unpaired) electrons. The van der Waals surface area contributed by atoms with Crippen molar-refractivity contribution in [2.45, 2.75) is 6.61 Å². The van der Waals surface area contributed by atoms with Crippen LogP contribution in [0.2, 0.25) is 5.02 Å². The van der Waals surface area contributed by atoms with Gasteiger partial charge in [0, 0.05) is 16.1 Å². The van der Waals surface area contributed by atoms with Crippen LogP contribution in [0.3, 0.4) is 0 Å². The van der Waals surface area contributed by atoms with E-state index in [1.807, 2.05) is 24.3 Å². The standard InChI is InChI=1S/C24H16ClN3O3/c25-19-11-9-16(10-12-19)15-31-22-8-4-2-6-20(22)24(30)28-26-14-18-13-17-5-1-3-7-21(17)27-23(18)29/h1-13H,15H2,(H,28,30). The van der Waals surface area contributed by atoms with Gasteiger partial charge in [0.15, 0.2) is 0 Å². The first kappa shape index (κ1) is 20.3. The Balaban J connectivity index is 1.49. The third-order valence-corrected chi connectivity index (χ3v) is 4.71. The Labute approximate surface area is 182 Å². The number of nitrogens with one attached hydrogen (secondary N) is 1. The average Bonchev–Trinajstić information content (AvgIpc) is 2.79. The number of para-hydroxylation sites is 2. The number of benzene rings is 3. The minimum absolute atomic E-state index is 0.159. The minimum Gasteiger partial charge on any atom is -0.488 e. The van der Waals surface area contributed by atoms with Gasteiger partial charge in [0.2, 0.25) is 0 Å². The summed E-state index contributed by atoms with van der Waals surface area (Å²) in [7, 11) is 0. The van der Waals surface area contributed by atoms with Crippen LogP contribution in [0.1, 0.15) is 15.9 Å². The smallest absolute Gasteiger partial charge is 0.287 e. The van der Waals surface area contributed by atoms with Crippen molar-refractivity contribution in [1.82, 2.24) is 5.43 Å². The summed E-state index contributed by atoms with van der Waals surface area (Å²) in [4.78, 5) is 28.7. The van der Waals surface area contributed by atoms with Gasteiger partial charge in [-0.2, -0.15) is 0 Å². The molecular weight excluding hydrogens is 414 g/mol. The lowest BCUT2D eigenvalue weighted by molar-refractivity contribution is -0.114. The van der Waals surface area contributed by atoms with Crippen LogP contribution >= 0.6 is 11.6 Å². The molecule has 1 heterocycles. The van der Waals surface area contributed by atoms with E-state index in [9.17, 15) is 9.59 Å². The summed E-state index contributed by atoms with van der Waals surface area (Å²) < 4.78 is 5.79. The Morgan fingerprint density at radius 2 is 1.77 bits per heavy atom. The van der Waals surface area contributed by atoms with Crippen molar-refractivity contribution >= 4 is 35.4 Å². The molecule has 31 heavy (non-hydrogen) atoms. The van der Waals surface area contributed by atoms with E-state index in [1.165, 1.54) is 0 Å². The molecule has 1 aliphatic heterocycles. The molecule has 1 aliphatic rings. The highest BCUT2D eigenvalue weighted by molar-refractivity contribution is 6.30. The van der Waals surface area contributed by atoms with Crippen molar-refractivity contribution in [2.75, 3.05) is 0 Å². The Hall–Kier alpha value is -3.99. The Morgan fingerprint density at radius 1 is 1.03 bits per heavy atom. The molecule has 0 spiro atoms. The van der Waals surface area contributed by atoms with Gasteiger partial charge in [0.1, 0.15) is 17.9 Å². The first-order valence-corrected chi connectivity index (χ1v) is 9.77. The summed E-state index contributed by atoms with van der Waals surface area (Å²) in [5.74, 6) is 2.00. The molecule has 0 saturated carbocycles. The number of nitrogens with zero attached hydrogens (tertiary/aromatic N) is 2. The Kier molecular flexibility index (Phi) is 6.03. The van der Waals surface area contributed by atoms with E-state index in [0.717, 1.165) is 10.8 Å². The second kappa shape index (κ2) is 9.22. The van der Waals surface area contributed by atoms with Crippen LogP contribution in [0.4, 0.5) is 0 Å². The number of amides is 2. The van der Waals surface area contributed by atoms with Gasteiger partial charge in [-0.3, -0.25) is 9.59 Å². The fourth-order valence-corrected chi connectivity index (χ4v) is 3.03. The summed E-state index contributed by atoms with van der Waals surface area (Å²) in [5.41, 5.74) is 3.76. The van der Waals surface area contributed by atoms with Gasteiger partial charge in [-0.05, 0) is 42.0 Å². The van der Waals surface area contributed by atoms with E-state index >= 15 is 0 Å². The number of hydrogen-bond acceptors (Lipinski definition) is 4. The zero-order valence-corrected chi connectivity index (χ0v) is 17.0. The number of carbonyl (C=O) groups excluding carboxylic acids is 2. The maximum Gasteiger partial charge on any atom is 0.287 e. The largest absolute Gasteiger partial charge is 0.488 e. The molecule has 4 rings (SSSR count). The van der Waals surface area contributed by atoms with Crippen LogP contribution in [0.25, 0.3) is 6.08 Å². The number of carbonyl (C=O) groups is 2. The Bertz CT molecular complexity index is 1340. The van der Waals surface area contributed by atoms with E-state index in [-0.39, 0.29) is 12.2 Å². The molecule has 7 heteroatoms. The molecule has 0 saturated heterocycles. The fourth-order valence-electron chi connectivity index (χ4n) is 2.90. The van der Waals surface area contributed by atoms with Crippen molar-refractivity contribution < 1.29 is 14.3 Å². The molecule has 152 valence electrons. The van der Waals surface area contributed by atoms with Crippen LogP contribution in [-0.4, -0.2) is 17.7 Å². The monoisotopic (exact) mass is 429 g/mol. The third kappa shape index (κ3) is 4.95. The summed E-state index contributed by atoms with van der Waals surface area (Å²) in [6.45, 7) is 0.277. The van der Waals surface area contributed by atoms with Crippen LogP contribution in [-0.2, 0) is 11.4 Å². The highest BCUT2D eigenvalue weighted by atomic mass is 35.5. The predicted molar refractivity (Wildman–Crippen MR) is 117 cm³/mol. The molecule has 0 aromatic heterocycles. The second-order valence-corrected chi connectivity index (χ2v) is 7.05. The van der Waals surface area contributed by atoms with Crippen molar-refractivity contribution in [2.24, 2.45) is 10.1 Å². The van der Waals surface area contributed by atoms with Gasteiger partial charge in [-0.25, -0.2) is 10.4 Å². The molecule has 0 atom stereocenters. The molecule has 6 nitrogen and oxygen atoms in total. The van der Waals surface area contributed by atoms with Crippen LogP contribution in [0.5, 0.6) is 5.75 Å². The molecule has 0 aliphatic carbocycles. The lowest BCUT2D eigenvalue weighted by Gasteiger charge is -2.10. The second-order valence-electron chi connectivity index (χ2n) is 6.61. The van der Waals surface area contributed by atoms with Crippen molar-refractivity contribution in [3.8, 4) is 5.75 Å². The normalized spacial score (nSPS) is 12.0. The van der Waals surface area contributed by atoms with E-state index in [1.54, 1.807) is 54.6 Å². The van der Waals surface area contributed by atoms with Gasteiger partial charge in [-0.15, -0.1) is 5.10 Å². The number of rotatable bonds is 5. The van der Waals surface area contributed by atoms with Crippen LogP contribution < -0.4 is 20.7 Å². The number of hydrazone groups is 1. The van der Waals surface area contributed by atoms with Gasteiger partial charge < -0.3 is 4.74 Å². The summed E-state index contributed by atoms with van der Waals surface area (Å²) >= 11 is 5.89. The third-order valence-electron chi connectivity index (χ3n) is 4.46. The first-order valence-electron chi connectivity index (χ1n) is 9.39. The van der Waals surface area contributed by atoms with Crippen molar-refractivity contribution in [3.63, 3.8) is 0 Å². The van der Waals surface area contributed by atoms with Gasteiger partial charge in [0.05, 0.1) is 10.9 Å². The highest BCUT2D eigenvalue weighted by Gasteiger charge is 2.13. The molecular formula is C24H16ClN3O3. The van der Waals surface area contributed by atoms with E-state index in [4.69, 9.17) is 16.3 Å². The summed E-state index contributed by atoms with van der Waals surface area (Å²) in [6, 6.07) is 21.3. The predicted octanol–water partition coefficient (Wildman–Crippen LogP) is 2.80. The molecule has 3 aromatic rings. The summed E-state index contributed by atoms with van der Waals surface area (Å²) in [5, 5.41) is 5.81. The zero-order valence-electron chi connectivity index (χ0n) is 16.2. The van der Waals surface area contributed by atoms with Gasteiger partial charge in [-0.1, -0.05) is 54.1 Å². The molecule has 0 bridgehead atoms. The summed E-state index contributed by atoms with van der Waals surface area (Å²) in [6.07, 6.45) is 1.63. The number of hydrogen-bond donors (Lipinski definition) is 1.